The summed E-state index contributed by atoms with van der Waals surface area (Å²) in [5.41, 5.74) is 0.515. The summed E-state index contributed by atoms with van der Waals surface area (Å²) < 4.78 is 31.6. The van der Waals surface area contributed by atoms with Crippen LogP contribution in [0.15, 0.2) is 41.3 Å². The van der Waals surface area contributed by atoms with Gasteiger partial charge in [-0.3, -0.25) is 10.1 Å². The molecule has 1 aromatic carbocycles. The molecule has 8 nitrogen and oxygen atoms in total. The number of nitrogens with zero attached hydrogens (tertiary/aromatic N) is 1. The molecule has 0 bridgehead atoms. The Kier molecular flexibility index (Phi) is 10.5. The summed E-state index contributed by atoms with van der Waals surface area (Å²) in [5.74, 6) is -1.22. The monoisotopic (exact) mass is 441 g/mol. The lowest BCUT2D eigenvalue weighted by Gasteiger charge is -2.21. The molecule has 10 heteroatoms. The van der Waals surface area contributed by atoms with Gasteiger partial charge in [-0.05, 0) is 56.2 Å². The predicted molar refractivity (Wildman–Crippen MR) is 116 cm³/mol. The minimum absolute atomic E-state index is 0.0118. The fourth-order valence-corrected chi connectivity index (χ4v) is 4.20. The number of carbonyl (C=O) groups excluding carboxylic acids is 2. The van der Waals surface area contributed by atoms with Gasteiger partial charge >= 0.3 is 5.97 Å². The van der Waals surface area contributed by atoms with Gasteiger partial charge in [0.2, 0.25) is 15.9 Å². The Morgan fingerprint density at radius 1 is 1.07 bits per heavy atom. The number of benzene rings is 1. The first kappa shape index (κ1) is 24.7. The molecule has 0 spiro atoms. The van der Waals surface area contributed by atoms with E-state index in [1.54, 1.807) is 19.1 Å². The number of rotatable bonds is 10. The molecule has 1 rings (SSSR count). The Balaban J connectivity index is 2.73. The molecule has 0 saturated heterocycles. The van der Waals surface area contributed by atoms with Crippen LogP contribution in [-0.4, -0.2) is 49.4 Å². The number of carbonyl (C=O) groups is 2. The van der Waals surface area contributed by atoms with Gasteiger partial charge in [-0.2, -0.15) is 4.31 Å². The van der Waals surface area contributed by atoms with E-state index in [0.717, 1.165) is 25.0 Å². The van der Waals surface area contributed by atoms with Crippen LogP contribution in [0.25, 0.3) is 0 Å². The van der Waals surface area contributed by atoms with Gasteiger partial charge < -0.3 is 10.1 Å². The molecule has 1 aromatic rings. The molecule has 2 N–H and O–H groups in total. The Labute approximate surface area is 177 Å². The number of ether oxygens (including phenoxy) is 1. The molecule has 1 amide bonds. The Bertz CT molecular complexity index is 830. The van der Waals surface area contributed by atoms with Crippen molar-refractivity contribution < 1.29 is 22.7 Å². The highest BCUT2D eigenvalue weighted by molar-refractivity contribution is 7.89. The largest absolute Gasteiger partial charge is 0.463 e. The van der Waals surface area contributed by atoms with Crippen molar-refractivity contribution in [2.45, 2.75) is 38.5 Å². The zero-order chi connectivity index (χ0) is 21.9. The molecule has 0 saturated carbocycles. The highest BCUT2D eigenvalue weighted by Gasteiger charge is 2.22. The van der Waals surface area contributed by atoms with E-state index in [9.17, 15) is 18.0 Å². The van der Waals surface area contributed by atoms with E-state index < -0.39 is 21.9 Å². The SMILES string of the molecule is CCCN(CCC)S(=O)(=O)c1ccc(NC(=S)NC(=O)/C=C/C(=O)OCC)cc1. The molecule has 0 aromatic heterocycles. The molecule has 0 aliphatic carbocycles. The first-order valence-corrected chi connectivity index (χ1v) is 11.2. The zero-order valence-electron chi connectivity index (χ0n) is 16.8. The third kappa shape index (κ3) is 8.30. The van der Waals surface area contributed by atoms with E-state index >= 15 is 0 Å². The van der Waals surface area contributed by atoms with Crippen LogP contribution in [0.2, 0.25) is 0 Å². The molecule has 29 heavy (non-hydrogen) atoms. The van der Waals surface area contributed by atoms with Crippen LogP contribution in [0.4, 0.5) is 5.69 Å². The van der Waals surface area contributed by atoms with Crippen LogP contribution in [0.1, 0.15) is 33.6 Å². The topological polar surface area (TPSA) is 105 Å². The van der Waals surface area contributed by atoms with Crippen LogP contribution in [0, 0.1) is 0 Å². The van der Waals surface area contributed by atoms with Crippen molar-refractivity contribution in [3.8, 4) is 0 Å². The number of anilines is 1. The summed E-state index contributed by atoms with van der Waals surface area (Å²) in [4.78, 5) is 23.1. The van der Waals surface area contributed by atoms with Gasteiger partial charge in [0.25, 0.3) is 0 Å². The standard InChI is InChI=1S/C19H27N3O5S2/c1-4-13-22(14-5-2)29(25,26)16-9-7-15(8-10-16)20-19(28)21-17(23)11-12-18(24)27-6-3/h7-12H,4-6,13-14H2,1-3H3,(H2,20,21,23,28)/b12-11+. The van der Waals surface area contributed by atoms with Gasteiger partial charge in [-0.15, -0.1) is 0 Å². The first-order valence-electron chi connectivity index (χ1n) is 9.31. The number of hydrogen-bond donors (Lipinski definition) is 2. The summed E-state index contributed by atoms with van der Waals surface area (Å²) >= 11 is 5.04. The molecule has 0 aliphatic rings. The van der Waals surface area contributed by atoms with E-state index in [1.165, 1.54) is 16.4 Å². The third-order valence-corrected chi connectivity index (χ3v) is 5.71. The average molecular weight is 442 g/mol. The van der Waals surface area contributed by atoms with Gasteiger partial charge in [-0.1, -0.05) is 13.8 Å². The van der Waals surface area contributed by atoms with E-state index in [4.69, 9.17) is 12.2 Å². The third-order valence-electron chi connectivity index (χ3n) is 3.59. The smallest absolute Gasteiger partial charge is 0.330 e. The summed E-state index contributed by atoms with van der Waals surface area (Å²) in [6, 6.07) is 6.11. The maximum absolute atomic E-state index is 12.7. The number of thiocarbonyl (C=S) groups is 1. The molecule has 160 valence electrons. The molecular weight excluding hydrogens is 414 g/mol. The number of amides is 1. The van der Waals surface area contributed by atoms with Gasteiger partial charge in [0.1, 0.15) is 0 Å². The maximum atomic E-state index is 12.7. The van der Waals surface area contributed by atoms with Gasteiger partial charge in [0, 0.05) is 30.9 Å². The van der Waals surface area contributed by atoms with E-state index in [2.05, 4.69) is 15.4 Å². The Morgan fingerprint density at radius 3 is 2.17 bits per heavy atom. The highest BCUT2D eigenvalue weighted by atomic mass is 32.2. The average Bonchev–Trinajstić information content (AvgIpc) is 2.67. The molecule has 0 heterocycles. The fraction of sp³-hybridized carbons (Fsp3) is 0.421. The van der Waals surface area contributed by atoms with Gasteiger partial charge in [-0.25, -0.2) is 13.2 Å². The number of hydrogen-bond acceptors (Lipinski definition) is 6. The van der Waals surface area contributed by atoms with Crippen molar-refractivity contribution in [3.63, 3.8) is 0 Å². The lowest BCUT2D eigenvalue weighted by Crippen LogP contribution is -2.33. The summed E-state index contributed by atoms with van der Waals surface area (Å²) in [6.07, 6.45) is 3.48. The normalized spacial score (nSPS) is 11.4. The molecule has 0 aliphatic heterocycles. The molecule has 0 atom stereocenters. The van der Waals surface area contributed by atoms with Crippen molar-refractivity contribution in [1.29, 1.82) is 0 Å². The number of esters is 1. The van der Waals surface area contributed by atoms with Crippen LogP contribution in [0.3, 0.4) is 0 Å². The van der Waals surface area contributed by atoms with Crippen LogP contribution in [0.5, 0.6) is 0 Å². The molecule has 0 fully saturated rings. The second-order valence-corrected chi connectivity index (χ2v) is 8.30. The quantitative estimate of drug-likeness (QED) is 0.326. The zero-order valence-corrected chi connectivity index (χ0v) is 18.4. The van der Waals surface area contributed by atoms with Crippen molar-refractivity contribution in [2.24, 2.45) is 0 Å². The second kappa shape index (κ2) is 12.3. The van der Waals surface area contributed by atoms with Gasteiger partial charge in [0.15, 0.2) is 5.11 Å². The molecule has 0 unspecified atom stereocenters. The molecular formula is C19H27N3O5S2. The van der Waals surface area contributed by atoms with E-state index in [0.29, 0.717) is 18.8 Å². The molecule has 0 radical (unpaired) electrons. The summed E-state index contributed by atoms with van der Waals surface area (Å²) in [5, 5.41) is 5.18. The highest BCUT2D eigenvalue weighted by Crippen LogP contribution is 2.19. The number of sulfonamides is 1. The van der Waals surface area contributed by atoms with Crippen molar-refractivity contribution in [2.75, 3.05) is 25.0 Å². The van der Waals surface area contributed by atoms with Crippen molar-refractivity contribution in [3.05, 3.63) is 36.4 Å². The first-order chi connectivity index (χ1) is 13.7. The minimum atomic E-state index is -3.56. The summed E-state index contributed by atoms with van der Waals surface area (Å²) in [6.45, 7) is 6.67. The second-order valence-electron chi connectivity index (χ2n) is 5.96. The Morgan fingerprint density at radius 2 is 1.66 bits per heavy atom. The Hall–Kier alpha value is -2.30. The fourth-order valence-electron chi connectivity index (χ4n) is 2.36. The van der Waals surface area contributed by atoms with Crippen molar-refractivity contribution >= 4 is 44.9 Å². The van der Waals surface area contributed by atoms with E-state index in [1.807, 2.05) is 13.8 Å². The van der Waals surface area contributed by atoms with Crippen LogP contribution in [-0.2, 0) is 24.3 Å². The van der Waals surface area contributed by atoms with E-state index in [-0.39, 0.29) is 16.6 Å². The van der Waals surface area contributed by atoms with Crippen LogP contribution >= 0.6 is 12.2 Å². The lowest BCUT2D eigenvalue weighted by atomic mass is 10.3. The van der Waals surface area contributed by atoms with Crippen molar-refractivity contribution in [1.82, 2.24) is 9.62 Å². The minimum Gasteiger partial charge on any atom is -0.463 e. The van der Waals surface area contributed by atoms with Crippen LogP contribution < -0.4 is 10.6 Å². The summed E-state index contributed by atoms with van der Waals surface area (Å²) in [7, 11) is -3.56. The lowest BCUT2D eigenvalue weighted by molar-refractivity contribution is -0.137. The predicted octanol–water partition coefficient (Wildman–Crippen LogP) is 2.43. The maximum Gasteiger partial charge on any atom is 0.330 e. The van der Waals surface area contributed by atoms with Gasteiger partial charge in [0.05, 0.1) is 11.5 Å². The number of nitrogens with one attached hydrogen (secondary N) is 2.